The first-order chi connectivity index (χ1) is 13.6. The predicted octanol–water partition coefficient (Wildman–Crippen LogP) is 4.68. The van der Waals surface area contributed by atoms with Crippen LogP contribution in [0.15, 0.2) is 46.8 Å². The van der Waals surface area contributed by atoms with Gasteiger partial charge in [0.15, 0.2) is 5.17 Å². The highest BCUT2D eigenvalue weighted by molar-refractivity contribution is 8.18. The summed E-state index contributed by atoms with van der Waals surface area (Å²) in [5.41, 5.74) is 0.896. The van der Waals surface area contributed by atoms with E-state index in [0.29, 0.717) is 21.7 Å². The minimum atomic E-state index is -0.0952. The molecular formula is C20H22N4O2S2. The Hall–Kier alpha value is -2.45. The molecule has 0 radical (unpaired) electrons. The van der Waals surface area contributed by atoms with Crippen LogP contribution in [-0.4, -0.2) is 39.8 Å². The van der Waals surface area contributed by atoms with Gasteiger partial charge in [-0.1, -0.05) is 42.9 Å². The molecule has 1 amide bonds. The van der Waals surface area contributed by atoms with E-state index in [1.807, 2.05) is 30.3 Å². The van der Waals surface area contributed by atoms with Crippen molar-refractivity contribution >= 4 is 45.4 Å². The molecule has 28 heavy (non-hydrogen) atoms. The number of rotatable bonds is 8. The van der Waals surface area contributed by atoms with Crippen LogP contribution in [-0.2, 0) is 11.2 Å². The normalized spacial score (nSPS) is 16.9. The standard InChI is InChI=1S/C20H22N4O2S2/c1-4-6-10-17-22-23-19(28-17)21-20-24(11-5-2)18(25)16(27-20)13-14-8-7-9-15(12-14)26-3/h5,7-9,12-13H,2,4,6,10-11H2,1,3H3/b16-13+,21-20?. The number of nitrogens with zero attached hydrogens (tertiary/aromatic N) is 4. The van der Waals surface area contributed by atoms with Gasteiger partial charge in [-0.2, -0.15) is 4.99 Å². The Bertz CT molecular complexity index is 920. The molecule has 0 unspecified atom stereocenters. The second-order valence-electron chi connectivity index (χ2n) is 6.07. The first-order valence-corrected chi connectivity index (χ1v) is 10.6. The smallest absolute Gasteiger partial charge is 0.267 e. The summed E-state index contributed by atoms with van der Waals surface area (Å²) in [5, 5.41) is 10.5. The summed E-state index contributed by atoms with van der Waals surface area (Å²) in [6.45, 7) is 6.29. The number of thioether (sulfide) groups is 1. The maximum absolute atomic E-state index is 12.8. The fraction of sp³-hybridized carbons (Fsp3) is 0.300. The zero-order valence-corrected chi connectivity index (χ0v) is 17.6. The van der Waals surface area contributed by atoms with Gasteiger partial charge in [0.2, 0.25) is 5.13 Å². The number of amidine groups is 1. The van der Waals surface area contributed by atoms with Crippen LogP contribution in [0.2, 0.25) is 0 Å². The van der Waals surface area contributed by atoms with Crippen LogP contribution in [0, 0.1) is 0 Å². The number of aliphatic imine (C=N–C) groups is 1. The highest BCUT2D eigenvalue weighted by atomic mass is 32.2. The Labute approximate surface area is 173 Å². The van der Waals surface area contributed by atoms with E-state index in [1.54, 1.807) is 18.1 Å². The monoisotopic (exact) mass is 414 g/mol. The van der Waals surface area contributed by atoms with Crippen LogP contribution in [0.4, 0.5) is 5.13 Å². The number of benzene rings is 1. The fourth-order valence-electron chi connectivity index (χ4n) is 2.56. The molecule has 0 atom stereocenters. The van der Waals surface area contributed by atoms with Crippen LogP contribution in [0.5, 0.6) is 5.75 Å². The van der Waals surface area contributed by atoms with Crippen molar-refractivity contribution in [3.63, 3.8) is 0 Å². The van der Waals surface area contributed by atoms with Crippen molar-refractivity contribution in [2.45, 2.75) is 26.2 Å². The Kier molecular flexibility index (Phi) is 7.00. The van der Waals surface area contributed by atoms with Crippen LogP contribution >= 0.6 is 23.1 Å². The van der Waals surface area contributed by atoms with Crippen LogP contribution in [0.25, 0.3) is 6.08 Å². The van der Waals surface area contributed by atoms with Gasteiger partial charge in [-0.3, -0.25) is 9.69 Å². The van der Waals surface area contributed by atoms with Crippen LogP contribution in [0.1, 0.15) is 30.3 Å². The highest BCUT2D eigenvalue weighted by Crippen LogP contribution is 2.35. The molecule has 0 aliphatic carbocycles. The van der Waals surface area contributed by atoms with Crippen molar-refractivity contribution in [2.75, 3.05) is 13.7 Å². The molecule has 1 aliphatic heterocycles. The van der Waals surface area contributed by atoms with Gasteiger partial charge >= 0.3 is 0 Å². The lowest BCUT2D eigenvalue weighted by Crippen LogP contribution is -2.29. The summed E-state index contributed by atoms with van der Waals surface area (Å²) in [6.07, 6.45) is 6.63. The van der Waals surface area contributed by atoms with Gasteiger partial charge < -0.3 is 4.74 Å². The molecule has 146 valence electrons. The zero-order chi connectivity index (χ0) is 19.9. The molecule has 1 fully saturated rings. The number of amides is 1. The molecule has 0 N–H and O–H groups in total. The lowest BCUT2D eigenvalue weighted by atomic mass is 10.2. The van der Waals surface area contributed by atoms with Crippen molar-refractivity contribution < 1.29 is 9.53 Å². The minimum Gasteiger partial charge on any atom is -0.497 e. The Morgan fingerprint density at radius 2 is 2.21 bits per heavy atom. The quantitative estimate of drug-likeness (QED) is 0.463. The number of hydrogen-bond donors (Lipinski definition) is 0. The summed E-state index contributed by atoms with van der Waals surface area (Å²) in [6, 6.07) is 7.58. The molecular weight excluding hydrogens is 392 g/mol. The number of aromatic nitrogens is 2. The highest BCUT2D eigenvalue weighted by Gasteiger charge is 2.33. The number of hydrogen-bond acceptors (Lipinski definition) is 7. The number of carbonyl (C=O) groups excluding carboxylic acids is 1. The lowest BCUT2D eigenvalue weighted by molar-refractivity contribution is -0.121. The molecule has 6 nitrogen and oxygen atoms in total. The van der Waals surface area contributed by atoms with Crippen molar-refractivity contribution in [1.82, 2.24) is 15.1 Å². The van der Waals surface area contributed by atoms with Crippen LogP contribution < -0.4 is 4.74 Å². The summed E-state index contributed by atoms with van der Waals surface area (Å²) >= 11 is 2.80. The second kappa shape index (κ2) is 9.66. The van der Waals surface area contributed by atoms with E-state index in [-0.39, 0.29) is 5.91 Å². The maximum Gasteiger partial charge on any atom is 0.267 e. The zero-order valence-electron chi connectivity index (χ0n) is 15.9. The number of methoxy groups -OCH3 is 1. The fourth-order valence-corrected chi connectivity index (χ4v) is 4.36. The summed E-state index contributed by atoms with van der Waals surface area (Å²) in [7, 11) is 1.62. The molecule has 2 heterocycles. The van der Waals surface area contributed by atoms with Gasteiger partial charge in [0, 0.05) is 13.0 Å². The molecule has 1 saturated heterocycles. The largest absolute Gasteiger partial charge is 0.497 e. The topological polar surface area (TPSA) is 67.7 Å². The van der Waals surface area contributed by atoms with Crippen molar-refractivity contribution in [3.8, 4) is 5.75 Å². The Morgan fingerprint density at radius 1 is 1.36 bits per heavy atom. The van der Waals surface area contributed by atoms with Gasteiger partial charge in [0.1, 0.15) is 10.8 Å². The first kappa shape index (κ1) is 20.3. The third kappa shape index (κ3) is 4.88. The summed E-state index contributed by atoms with van der Waals surface area (Å²) in [5.74, 6) is 0.650. The molecule has 1 aromatic heterocycles. The molecule has 2 aromatic rings. The first-order valence-electron chi connectivity index (χ1n) is 9.02. The number of carbonyl (C=O) groups is 1. The molecule has 8 heteroatoms. The molecule has 1 aliphatic rings. The molecule has 0 bridgehead atoms. The number of unbranched alkanes of at least 4 members (excludes halogenated alkanes) is 1. The lowest BCUT2D eigenvalue weighted by Gasteiger charge is -2.11. The van der Waals surface area contributed by atoms with Gasteiger partial charge in [-0.05, 0) is 42.0 Å². The molecule has 0 saturated carbocycles. The SMILES string of the molecule is C=CCN1C(=O)/C(=C\c2cccc(OC)c2)SC1=Nc1nnc(CCCC)s1. The third-order valence-corrected chi connectivity index (χ3v) is 5.87. The van der Waals surface area contributed by atoms with E-state index in [1.165, 1.54) is 23.1 Å². The second-order valence-corrected chi connectivity index (χ2v) is 8.12. The minimum absolute atomic E-state index is 0.0952. The van der Waals surface area contributed by atoms with Gasteiger partial charge in [0.25, 0.3) is 5.91 Å². The van der Waals surface area contributed by atoms with Crippen LogP contribution in [0.3, 0.4) is 0 Å². The van der Waals surface area contributed by atoms with Crippen molar-refractivity contribution in [3.05, 3.63) is 52.4 Å². The molecule has 0 spiro atoms. The van der Waals surface area contributed by atoms with Gasteiger partial charge in [0.05, 0.1) is 12.0 Å². The van der Waals surface area contributed by atoms with E-state index in [2.05, 4.69) is 28.7 Å². The van der Waals surface area contributed by atoms with Gasteiger partial charge in [-0.25, -0.2) is 0 Å². The van der Waals surface area contributed by atoms with E-state index in [0.717, 1.165) is 35.6 Å². The van der Waals surface area contributed by atoms with Gasteiger partial charge in [-0.15, -0.1) is 16.8 Å². The third-order valence-electron chi connectivity index (χ3n) is 3.98. The predicted molar refractivity (Wildman–Crippen MR) is 116 cm³/mol. The Morgan fingerprint density at radius 3 is 2.96 bits per heavy atom. The van der Waals surface area contributed by atoms with E-state index < -0.39 is 0 Å². The average molecular weight is 415 g/mol. The number of aryl methyl sites for hydroxylation is 1. The van der Waals surface area contributed by atoms with E-state index >= 15 is 0 Å². The van der Waals surface area contributed by atoms with E-state index in [9.17, 15) is 4.79 Å². The molecule has 1 aromatic carbocycles. The van der Waals surface area contributed by atoms with Crippen molar-refractivity contribution in [1.29, 1.82) is 0 Å². The van der Waals surface area contributed by atoms with E-state index in [4.69, 9.17) is 4.74 Å². The summed E-state index contributed by atoms with van der Waals surface area (Å²) in [4.78, 5) is 19.6. The van der Waals surface area contributed by atoms with Crippen molar-refractivity contribution in [2.24, 2.45) is 4.99 Å². The maximum atomic E-state index is 12.8. The summed E-state index contributed by atoms with van der Waals surface area (Å²) < 4.78 is 5.25. The average Bonchev–Trinajstić information content (AvgIpc) is 3.27. The molecule has 3 rings (SSSR count). The Balaban J connectivity index is 1.86. The number of ether oxygens (including phenoxy) is 1.